The van der Waals surface area contributed by atoms with E-state index in [-0.39, 0.29) is 24.8 Å². The number of fused-ring (bicyclic) bond motifs is 5. The molecule has 1 aromatic heterocycles. The molecule has 5 heteroatoms. The Kier molecular flexibility index (Phi) is 8.47. The number of allylic oxidation sites excluding steroid dienone is 3. The van der Waals surface area contributed by atoms with Gasteiger partial charge >= 0.3 is 308 Å². The fourth-order valence-corrected chi connectivity index (χ4v) is 12.7. The van der Waals surface area contributed by atoms with Gasteiger partial charge in [0.1, 0.15) is 0 Å². The van der Waals surface area contributed by atoms with Crippen LogP contribution in [-0.2, 0) is 31.1 Å². The molecular formula is C46H38Cl2NSiZr. The molecule has 0 N–H and O–H groups in total. The summed E-state index contributed by atoms with van der Waals surface area (Å²) in [5.74, 6) is 1.78. The molecule has 249 valence electrons. The van der Waals surface area contributed by atoms with E-state index < -0.39 is 0 Å². The second kappa shape index (κ2) is 12.8. The van der Waals surface area contributed by atoms with Gasteiger partial charge in [0.15, 0.2) is 0 Å². The summed E-state index contributed by atoms with van der Waals surface area (Å²) in [6.07, 6.45) is 12.9. The Morgan fingerprint density at radius 3 is 2.02 bits per heavy atom. The summed E-state index contributed by atoms with van der Waals surface area (Å²) in [4.78, 5) is 1.60. The molecule has 5 aliphatic carbocycles. The fraction of sp³-hybridized carbons (Fsp3) is 0.239. The molecule has 0 aliphatic heterocycles. The van der Waals surface area contributed by atoms with Crippen molar-refractivity contribution in [2.75, 3.05) is 0 Å². The minimum absolute atomic E-state index is 0. The quantitative estimate of drug-likeness (QED) is 0.234. The Balaban J connectivity index is 0.00000174. The van der Waals surface area contributed by atoms with Gasteiger partial charge in [-0.05, 0) is 0 Å². The predicted molar refractivity (Wildman–Crippen MR) is 203 cm³/mol. The van der Waals surface area contributed by atoms with Crippen LogP contribution in [0.4, 0.5) is 0 Å². The maximum absolute atomic E-state index is 2.73. The molecule has 2 saturated carbocycles. The number of hydrogen-bond donors (Lipinski definition) is 0. The monoisotopic (exact) mass is 792 g/mol. The van der Waals surface area contributed by atoms with E-state index >= 15 is 0 Å². The van der Waals surface area contributed by atoms with E-state index in [0.717, 1.165) is 12.3 Å². The zero-order chi connectivity index (χ0) is 32.4. The van der Waals surface area contributed by atoms with Gasteiger partial charge in [0, 0.05) is 0 Å². The van der Waals surface area contributed by atoms with Gasteiger partial charge in [0.2, 0.25) is 0 Å². The molecule has 2 bridgehead atoms. The Hall–Kier alpha value is -3.07. The number of hydrogen-bond acceptors (Lipinski definition) is 0. The Labute approximate surface area is 330 Å². The Bertz CT molecular complexity index is 2550. The zero-order valence-corrected chi connectivity index (χ0v) is 34.0. The molecule has 0 saturated heterocycles. The van der Waals surface area contributed by atoms with Gasteiger partial charge in [-0.2, -0.15) is 0 Å². The van der Waals surface area contributed by atoms with Gasteiger partial charge < -0.3 is 24.8 Å². The summed E-state index contributed by atoms with van der Waals surface area (Å²) in [6, 6.07) is 36.7. The van der Waals surface area contributed by atoms with Crippen molar-refractivity contribution in [3.8, 4) is 16.8 Å². The number of aromatic nitrogens is 1. The fourth-order valence-electron chi connectivity index (χ4n) is 9.94. The predicted octanol–water partition coefficient (Wildman–Crippen LogP) is 3.84. The first-order valence-electron chi connectivity index (χ1n) is 18.4. The van der Waals surface area contributed by atoms with Crippen LogP contribution in [0.5, 0.6) is 0 Å². The van der Waals surface area contributed by atoms with Crippen molar-refractivity contribution in [2.45, 2.75) is 57.3 Å². The molecule has 0 spiro atoms. The standard InChI is InChI=1S/C46H38NSi.2ClH.Zr/c48-46-39-25-36(28-21-22-28)33-15-4-5-16-35(45(43(33)39)47-40-19-8-6-13-31(40)32-14-7-9-20-41(32)47)44(46)42-34-18-10-17-30(27-11-2-1-3-12-27)38(34)26-37(42)29-23-24-29;;;/h1-3,6-14,17-20,26,28-29,42H,4-5,15-16,21-24,48H2;2*1H;/q;;;+2/p-2. The van der Waals surface area contributed by atoms with Crippen molar-refractivity contribution in [2.24, 2.45) is 11.8 Å². The van der Waals surface area contributed by atoms with E-state index in [0.29, 0.717) is 11.8 Å². The van der Waals surface area contributed by atoms with Crippen molar-refractivity contribution in [3.63, 3.8) is 0 Å². The van der Waals surface area contributed by atoms with Crippen LogP contribution in [-0.4, -0.2) is 14.4 Å². The topological polar surface area (TPSA) is 4.93 Å². The van der Waals surface area contributed by atoms with Crippen LogP contribution < -0.4 is 30.0 Å². The molecule has 0 radical (unpaired) electrons. The van der Waals surface area contributed by atoms with Crippen molar-refractivity contribution >= 4 is 46.6 Å². The second-order valence-electron chi connectivity index (χ2n) is 15.1. The number of halogens is 2. The normalized spacial score (nSPS) is 19.1. The van der Waals surface area contributed by atoms with Crippen LogP contribution in [0.3, 0.4) is 0 Å². The first-order chi connectivity index (χ1) is 24.2. The molecule has 6 aromatic rings. The molecule has 51 heavy (non-hydrogen) atoms. The van der Waals surface area contributed by atoms with Crippen LogP contribution in [0, 0.1) is 16.7 Å². The first kappa shape index (κ1) is 33.7. The van der Waals surface area contributed by atoms with E-state index in [1.54, 1.807) is 71.4 Å². The van der Waals surface area contributed by atoms with Crippen LogP contribution in [0.2, 0.25) is 0 Å². The summed E-state index contributed by atoms with van der Waals surface area (Å²) in [5, 5.41) is 4.36. The molecule has 0 amide bonds. The summed E-state index contributed by atoms with van der Waals surface area (Å²) >= 11 is 1.59. The molecule has 1 nitrogen and oxygen atoms in total. The minimum atomic E-state index is 0. The summed E-state index contributed by atoms with van der Waals surface area (Å²) in [5.41, 5.74) is 20.0. The number of para-hydroxylation sites is 2. The average molecular weight is 795 g/mol. The molecule has 1 heterocycles. The van der Waals surface area contributed by atoms with E-state index in [1.807, 2.05) is 0 Å². The SMILES string of the molecule is [Cl-].[Cl-].[SiH2]=c1c(C2C(C3CC3)=Cc3c(-c4ccccc4)cccc32)c2c(-n3c4ccccc4c4ccccc43)c3c1=[C]([Zr+2])C(C1CC1)=C3CCCC2. The zero-order valence-electron chi connectivity index (χ0n) is 28.6. The van der Waals surface area contributed by atoms with Gasteiger partial charge in [-0.3, -0.25) is 0 Å². The third-order valence-electron chi connectivity index (χ3n) is 12.3. The van der Waals surface area contributed by atoms with Crippen LogP contribution in [0.1, 0.15) is 78.7 Å². The molecular weight excluding hydrogens is 757 g/mol. The van der Waals surface area contributed by atoms with E-state index in [2.05, 4.69) is 118 Å². The molecule has 2 fully saturated rings. The molecule has 1 atom stereocenters. The molecule has 5 aromatic carbocycles. The van der Waals surface area contributed by atoms with E-state index in [4.69, 9.17) is 0 Å². The molecule has 5 aliphatic rings. The third kappa shape index (κ3) is 4.98. The van der Waals surface area contributed by atoms with Gasteiger partial charge in [-0.15, -0.1) is 0 Å². The van der Waals surface area contributed by atoms with Gasteiger partial charge in [0.25, 0.3) is 0 Å². The Morgan fingerprint density at radius 2 is 1.33 bits per heavy atom. The second-order valence-corrected chi connectivity index (χ2v) is 17.0. The summed E-state index contributed by atoms with van der Waals surface area (Å²) in [6.45, 7) is 0. The third-order valence-corrected chi connectivity index (χ3v) is 14.3. The number of rotatable bonds is 5. The van der Waals surface area contributed by atoms with Crippen LogP contribution in [0.25, 0.3) is 53.6 Å². The van der Waals surface area contributed by atoms with Crippen molar-refractivity contribution < 1.29 is 49.5 Å². The van der Waals surface area contributed by atoms with Crippen molar-refractivity contribution in [1.29, 1.82) is 0 Å². The summed E-state index contributed by atoms with van der Waals surface area (Å²) < 4.78 is 4.40. The Morgan fingerprint density at radius 1 is 0.686 bits per heavy atom. The first-order valence-corrected chi connectivity index (χ1v) is 20.4. The van der Waals surface area contributed by atoms with Gasteiger partial charge in [0.05, 0.1) is 0 Å². The van der Waals surface area contributed by atoms with Crippen molar-refractivity contribution in [1.82, 2.24) is 4.57 Å². The number of benzene rings is 5. The molecule has 11 rings (SSSR count). The van der Waals surface area contributed by atoms with Gasteiger partial charge in [-0.25, -0.2) is 0 Å². The maximum atomic E-state index is 2.73. The number of nitrogens with zero attached hydrogens (tertiary/aromatic N) is 1. The van der Waals surface area contributed by atoms with Crippen LogP contribution in [0.15, 0.2) is 108 Å². The van der Waals surface area contributed by atoms with Crippen LogP contribution >= 0.6 is 0 Å². The summed E-state index contributed by atoms with van der Waals surface area (Å²) in [7, 11) is 2.23. The van der Waals surface area contributed by atoms with Crippen molar-refractivity contribution in [3.05, 3.63) is 146 Å². The van der Waals surface area contributed by atoms with E-state index in [1.165, 1.54) is 94.7 Å². The van der Waals surface area contributed by atoms with Gasteiger partial charge in [-0.1, -0.05) is 0 Å². The van der Waals surface area contributed by atoms with E-state index in [9.17, 15) is 0 Å². The average Bonchev–Trinajstić information content (AvgIpc) is 4.07. The molecule has 1 unspecified atom stereocenters.